The molecule has 0 amide bonds. The van der Waals surface area contributed by atoms with Crippen LogP contribution in [0.15, 0.2) is 40.9 Å². The molecule has 2 rings (SSSR count). The summed E-state index contributed by atoms with van der Waals surface area (Å²) in [5, 5.41) is 3.57. The third kappa shape index (κ3) is 3.44. The summed E-state index contributed by atoms with van der Waals surface area (Å²) in [7, 11) is 0. The highest BCUT2D eigenvalue weighted by Crippen LogP contribution is 2.24. The first kappa shape index (κ1) is 13.8. The van der Waals surface area contributed by atoms with Crippen LogP contribution in [0.5, 0.6) is 0 Å². The number of benzene rings is 1. The normalized spacial score (nSPS) is 12.6. The first-order chi connectivity index (χ1) is 8.70. The second kappa shape index (κ2) is 6.50. The standard InChI is InChI=1S/C15H18BrNS/c1-3-12-8-9-13(18-12)10-17-11(2)14-6-4-5-7-15(14)16/h4-9,11,17H,3,10H2,1-2H3/t11-/m1/s1. The molecule has 0 aliphatic rings. The molecule has 1 aromatic carbocycles. The van der Waals surface area contributed by atoms with Gasteiger partial charge in [0.2, 0.25) is 0 Å². The molecule has 0 aliphatic carbocycles. The molecule has 1 nitrogen and oxygen atoms in total. The van der Waals surface area contributed by atoms with Crippen LogP contribution in [-0.4, -0.2) is 0 Å². The van der Waals surface area contributed by atoms with Gasteiger partial charge in [-0.3, -0.25) is 0 Å². The van der Waals surface area contributed by atoms with Crippen molar-refractivity contribution in [2.45, 2.75) is 32.9 Å². The number of thiophene rings is 1. The van der Waals surface area contributed by atoms with Crippen LogP contribution < -0.4 is 5.32 Å². The van der Waals surface area contributed by atoms with Gasteiger partial charge in [0.1, 0.15) is 0 Å². The fraction of sp³-hybridized carbons (Fsp3) is 0.333. The van der Waals surface area contributed by atoms with Gasteiger partial charge in [-0.1, -0.05) is 41.1 Å². The second-order valence-corrected chi connectivity index (χ2v) is 6.45. The molecule has 96 valence electrons. The molecule has 0 radical (unpaired) electrons. The Morgan fingerprint density at radius 1 is 1.17 bits per heavy atom. The summed E-state index contributed by atoms with van der Waals surface area (Å²) in [5.74, 6) is 0. The third-order valence-electron chi connectivity index (χ3n) is 3.02. The molecule has 2 aromatic rings. The van der Waals surface area contributed by atoms with Crippen molar-refractivity contribution in [1.29, 1.82) is 0 Å². The molecule has 0 saturated carbocycles. The first-order valence-corrected chi connectivity index (χ1v) is 7.87. The van der Waals surface area contributed by atoms with E-state index in [-0.39, 0.29) is 0 Å². The van der Waals surface area contributed by atoms with Gasteiger partial charge in [0.05, 0.1) is 0 Å². The topological polar surface area (TPSA) is 12.0 Å². The van der Waals surface area contributed by atoms with Crippen LogP contribution in [0.2, 0.25) is 0 Å². The van der Waals surface area contributed by atoms with E-state index in [1.54, 1.807) is 0 Å². The van der Waals surface area contributed by atoms with Gasteiger partial charge in [-0.05, 0) is 37.1 Å². The highest BCUT2D eigenvalue weighted by atomic mass is 79.9. The maximum absolute atomic E-state index is 3.60. The maximum Gasteiger partial charge on any atom is 0.0306 e. The van der Waals surface area contributed by atoms with Gasteiger partial charge in [0.25, 0.3) is 0 Å². The lowest BCUT2D eigenvalue weighted by molar-refractivity contribution is 0.577. The molecule has 1 atom stereocenters. The van der Waals surface area contributed by atoms with Gasteiger partial charge in [0, 0.05) is 26.8 Å². The Kier molecular flexibility index (Phi) is 4.98. The van der Waals surface area contributed by atoms with E-state index in [9.17, 15) is 0 Å². The molecule has 3 heteroatoms. The van der Waals surface area contributed by atoms with Crippen LogP contribution in [0, 0.1) is 0 Å². The molecule has 18 heavy (non-hydrogen) atoms. The summed E-state index contributed by atoms with van der Waals surface area (Å²) in [5.41, 5.74) is 1.31. The molecule has 0 spiro atoms. The van der Waals surface area contributed by atoms with Crippen molar-refractivity contribution in [3.63, 3.8) is 0 Å². The average molecular weight is 324 g/mol. The minimum atomic E-state index is 0.354. The second-order valence-electron chi connectivity index (χ2n) is 4.35. The Morgan fingerprint density at radius 3 is 2.56 bits per heavy atom. The minimum Gasteiger partial charge on any atom is -0.305 e. The molecule has 0 bridgehead atoms. The van der Waals surface area contributed by atoms with Crippen LogP contribution in [0.3, 0.4) is 0 Å². The molecule has 1 heterocycles. The largest absolute Gasteiger partial charge is 0.305 e. The quantitative estimate of drug-likeness (QED) is 0.823. The SMILES string of the molecule is CCc1ccc(CN[C@H](C)c2ccccc2Br)s1. The van der Waals surface area contributed by atoms with E-state index < -0.39 is 0 Å². The lowest BCUT2D eigenvalue weighted by Gasteiger charge is -2.15. The molecule has 0 unspecified atom stereocenters. The summed E-state index contributed by atoms with van der Waals surface area (Å²) >= 11 is 5.50. The smallest absolute Gasteiger partial charge is 0.0306 e. The molecule has 0 aliphatic heterocycles. The van der Waals surface area contributed by atoms with E-state index in [1.807, 2.05) is 17.4 Å². The summed E-state index contributed by atoms with van der Waals surface area (Å²) in [4.78, 5) is 2.87. The van der Waals surface area contributed by atoms with Crippen LogP contribution in [0.4, 0.5) is 0 Å². The van der Waals surface area contributed by atoms with E-state index in [2.05, 4.69) is 65.4 Å². The Labute approximate surface area is 121 Å². The van der Waals surface area contributed by atoms with Gasteiger partial charge in [-0.2, -0.15) is 0 Å². The van der Waals surface area contributed by atoms with Crippen molar-refractivity contribution in [2.24, 2.45) is 0 Å². The van der Waals surface area contributed by atoms with Crippen LogP contribution >= 0.6 is 27.3 Å². The van der Waals surface area contributed by atoms with E-state index in [4.69, 9.17) is 0 Å². The summed E-state index contributed by atoms with van der Waals surface area (Å²) < 4.78 is 1.17. The minimum absolute atomic E-state index is 0.354. The van der Waals surface area contributed by atoms with Gasteiger partial charge in [-0.15, -0.1) is 11.3 Å². The Bertz CT molecular complexity index is 507. The predicted molar refractivity (Wildman–Crippen MR) is 83.1 cm³/mol. The van der Waals surface area contributed by atoms with Crippen LogP contribution in [0.25, 0.3) is 0 Å². The molecular weight excluding hydrogens is 306 g/mol. The molecule has 1 aromatic heterocycles. The van der Waals surface area contributed by atoms with Gasteiger partial charge in [-0.25, -0.2) is 0 Å². The highest BCUT2D eigenvalue weighted by molar-refractivity contribution is 9.10. The average Bonchev–Trinajstić information content (AvgIpc) is 2.84. The van der Waals surface area contributed by atoms with Crippen molar-refractivity contribution < 1.29 is 0 Å². The number of hydrogen-bond acceptors (Lipinski definition) is 2. The monoisotopic (exact) mass is 323 g/mol. The molecule has 0 fully saturated rings. The third-order valence-corrected chi connectivity index (χ3v) is 4.97. The molecule has 0 saturated heterocycles. The Hall–Kier alpha value is -0.640. The van der Waals surface area contributed by atoms with E-state index in [1.165, 1.54) is 19.8 Å². The zero-order chi connectivity index (χ0) is 13.0. The van der Waals surface area contributed by atoms with Gasteiger partial charge in [0.15, 0.2) is 0 Å². The summed E-state index contributed by atoms with van der Waals surface area (Å²) in [6.45, 7) is 5.34. The maximum atomic E-state index is 3.60. The fourth-order valence-corrected chi connectivity index (χ4v) is 3.43. The van der Waals surface area contributed by atoms with Gasteiger partial charge < -0.3 is 5.32 Å². The number of rotatable bonds is 5. The Balaban J connectivity index is 1.96. The zero-order valence-electron chi connectivity index (χ0n) is 10.7. The number of hydrogen-bond donors (Lipinski definition) is 1. The number of nitrogens with one attached hydrogen (secondary N) is 1. The lowest BCUT2D eigenvalue weighted by atomic mass is 10.1. The van der Waals surface area contributed by atoms with E-state index in [0.717, 1.165) is 13.0 Å². The van der Waals surface area contributed by atoms with Crippen molar-refractivity contribution in [2.75, 3.05) is 0 Å². The van der Waals surface area contributed by atoms with Crippen molar-refractivity contribution in [3.05, 3.63) is 56.2 Å². The van der Waals surface area contributed by atoms with Crippen molar-refractivity contribution in [3.8, 4) is 0 Å². The summed E-state index contributed by atoms with van der Waals surface area (Å²) in [6, 6.07) is 13.2. The van der Waals surface area contributed by atoms with Gasteiger partial charge >= 0.3 is 0 Å². The Morgan fingerprint density at radius 2 is 1.89 bits per heavy atom. The lowest BCUT2D eigenvalue weighted by Crippen LogP contribution is -2.17. The fourth-order valence-electron chi connectivity index (χ4n) is 1.90. The predicted octanol–water partition coefficient (Wildman–Crippen LogP) is 4.92. The van der Waals surface area contributed by atoms with E-state index in [0.29, 0.717) is 6.04 Å². The van der Waals surface area contributed by atoms with E-state index >= 15 is 0 Å². The van der Waals surface area contributed by atoms with Crippen LogP contribution in [-0.2, 0) is 13.0 Å². The highest BCUT2D eigenvalue weighted by Gasteiger charge is 2.08. The molecule has 1 N–H and O–H groups in total. The number of aryl methyl sites for hydroxylation is 1. The molecular formula is C15H18BrNS. The summed E-state index contributed by atoms with van der Waals surface area (Å²) in [6.07, 6.45) is 1.13. The van der Waals surface area contributed by atoms with Crippen molar-refractivity contribution >= 4 is 27.3 Å². The van der Waals surface area contributed by atoms with Crippen molar-refractivity contribution in [1.82, 2.24) is 5.32 Å². The number of halogens is 1. The van der Waals surface area contributed by atoms with Crippen LogP contribution in [0.1, 0.15) is 35.2 Å². The first-order valence-electron chi connectivity index (χ1n) is 6.26. The zero-order valence-corrected chi connectivity index (χ0v) is 13.1.